The number of methoxy groups -OCH3 is 1. The summed E-state index contributed by atoms with van der Waals surface area (Å²) in [6.07, 6.45) is 3.71. The Kier molecular flexibility index (Phi) is 14.5. The molecule has 47 heavy (non-hydrogen) atoms. The van der Waals surface area contributed by atoms with E-state index in [1.54, 1.807) is 4.90 Å². The lowest BCUT2D eigenvalue weighted by atomic mass is 9.82. The van der Waals surface area contributed by atoms with Crippen molar-refractivity contribution >= 4 is 26.5 Å². The van der Waals surface area contributed by atoms with E-state index in [9.17, 15) is 14.4 Å². The first-order valence-electron chi connectivity index (χ1n) is 16.7. The Morgan fingerprint density at radius 3 is 1.91 bits per heavy atom. The smallest absolute Gasteiger partial charge is 0.469 e. The standard InChI is InChI=1S/C37H53NO8Si/c1-28(2)47(29(3)4,30(5)6)46-23-15-22-37(24-34(39)42-7)21-14-20-33(27-45-36(41)44-26-32-18-12-9-13-19-32)38(37)35(40)43-25-31-16-10-8-11-17-31/h8-14,16-19,21,28-30,33H,15,20,22-27H2,1-7H3/t33-,37+/m1/s1. The largest absolute Gasteiger partial charge is 0.508 e. The topological polar surface area (TPSA) is 101 Å². The summed E-state index contributed by atoms with van der Waals surface area (Å²) in [7, 11) is -0.790. The SMILES string of the molecule is COC(=O)C[C@@]1(CCCO[Si](C(C)C)(C(C)C)C(C)C)C=CC[C@H](COC(=O)OCc2ccccc2)N1C(=O)OCc1ccccc1. The monoisotopic (exact) mass is 667 g/mol. The van der Waals surface area contributed by atoms with Crippen LogP contribution in [0.25, 0.3) is 0 Å². The van der Waals surface area contributed by atoms with E-state index < -0.39 is 38.1 Å². The summed E-state index contributed by atoms with van der Waals surface area (Å²) in [5.74, 6) is -0.462. The summed E-state index contributed by atoms with van der Waals surface area (Å²) >= 11 is 0. The van der Waals surface area contributed by atoms with Crippen LogP contribution in [0.5, 0.6) is 0 Å². The molecule has 2 atom stereocenters. The van der Waals surface area contributed by atoms with Gasteiger partial charge in [0.15, 0.2) is 8.32 Å². The first-order chi connectivity index (χ1) is 22.4. The summed E-state index contributed by atoms with van der Waals surface area (Å²) in [4.78, 5) is 41.1. The molecule has 0 saturated heterocycles. The quantitative estimate of drug-likeness (QED) is 0.0577. The molecule has 2 aromatic carbocycles. The van der Waals surface area contributed by atoms with Crippen LogP contribution in [0.2, 0.25) is 16.6 Å². The van der Waals surface area contributed by atoms with Gasteiger partial charge in [0.25, 0.3) is 0 Å². The highest BCUT2D eigenvalue weighted by Crippen LogP contribution is 2.43. The van der Waals surface area contributed by atoms with Gasteiger partial charge in [0.1, 0.15) is 19.8 Å². The van der Waals surface area contributed by atoms with E-state index in [-0.39, 0.29) is 26.2 Å². The molecule has 3 rings (SSSR count). The van der Waals surface area contributed by atoms with E-state index in [0.29, 0.717) is 42.5 Å². The van der Waals surface area contributed by atoms with Crippen LogP contribution in [0.1, 0.15) is 78.4 Å². The maximum absolute atomic E-state index is 14.0. The molecule has 9 nitrogen and oxygen atoms in total. The fourth-order valence-corrected chi connectivity index (χ4v) is 12.6. The molecule has 1 aliphatic heterocycles. The van der Waals surface area contributed by atoms with Crippen LogP contribution in [-0.2, 0) is 41.4 Å². The normalized spacial score (nSPS) is 18.0. The maximum atomic E-state index is 14.0. The van der Waals surface area contributed by atoms with Gasteiger partial charge in [-0.25, -0.2) is 9.59 Å². The zero-order valence-corrected chi connectivity index (χ0v) is 30.1. The Labute approximate surface area is 281 Å². The second-order valence-electron chi connectivity index (χ2n) is 13.2. The van der Waals surface area contributed by atoms with Crippen LogP contribution >= 0.6 is 0 Å². The minimum absolute atomic E-state index is 0.0509. The molecule has 0 fully saturated rings. The van der Waals surface area contributed by atoms with Gasteiger partial charge in [-0.2, -0.15) is 0 Å². The zero-order chi connectivity index (χ0) is 34.5. The number of hydrogen-bond donors (Lipinski definition) is 0. The first kappa shape index (κ1) is 37.8. The number of carbonyl (C=O) groups is 3. The lowest BCUT2D eigenvalue weighted by molar-refractivity contribution is -0.143. The molecule has 1 amide bonds. The molecular formula is C37H53NO8Si. The lowest BCUT2D eigenvalue weighted by Crippen LogP contribution is -2.59. The number of benzene rings is 2. The summed E-state index contributed by atoms with van der Waals surface area (Å²) in [5, 5.41) is 0. The van der Waals surface area contributed by atoms with Crippen molar-refractivity contribution in [3.63, 3.8) is 0 Å². The number of ether oxygens (including phenoxy) is 4. The average molecular weight is 668 g/mol. The van der Waals surface area contributed by atoms with E-state index >= 15 is 0 Å². The Morgan fingerprint density at radius 1 is 0.830 bits per heavy atom. The van der Waals surface area contributed by atoms with Crippen molar-refractivity contribution in [1.29, 1.82) is 0 Å². The van der Waals surface area contributed by atoms with Crippen LogP contribution in [-0.4, -0.2) is 63.3 Å². The number of amides is 1. The van der Waals surface area contributed by atoms with Crippen molar-refractivity contribution in [3.8, 4) is 0 Å². The molecule has 0 aliphatic carbocycles. The molecule has 0 unspecified atom stereocenters. The summed E-state index contributed by atoms with van der Waals surface area (Å²) in [6, 6.07) is 18.1. The minimum atomic E-state index is -2.12. The van der Waals surface area contributed by atoms with Crippen molar-refractivity contribution in [1.82, 2.24) is 4.90 Å². The average Bonchev–Trinajstić information content (AvgIpc) is 3.05. The lowest BCUT2D eigenvalue weighted by Gasteiger charge is -2.47. The van der Waals surface area contributed by atoms with Gasteiger partial charge in [-0.05, 0) is 47.0 Å². The van der Waals surface area contributed by atoms with Gasteiger partial charge in [0.2, 0.25) is 0 Å². The van der Waals surface area contributed by atoms with Crippen molar-refractivity contribution in [2.75, 3.05) is 20.3 Å². The molecule has 0 bridgehead atoms. The van der Waals surface area contributed by atoms with Crippen molar-refractivity contribution in [2.45, 2.75) is 109 Å². The predicted octanol–water partition coefficient (Wildman–Crippen LogP) is 8.58. The second-order valence-corrected chi connectivity index (χ2v) is 18.6. The van der Waals surface area contributed by atoms with Crippen LogP contribution in [0, 0.1) is 0 Å². The maximum Gasteiger partial charge on any atom is 0.508 e. The van der Waals surface area contributed by atoms with Crippen molar-refractivity contribution in [3.05, 3.63) is 83.9 Å². The van der Waals surface area contributed by atoms with Crippen LogP contribution in [0.3, 0.4) is 0 Å². The van der Waals surface area contributed by atoms with Gasteiger partial charge >= 0.3 is 18.2 Å². The van der Waals surface area contributed by atoms with Crippen LogP contribution < -0.4 is 0 Å². The zero-order valence-electron chi connectivity index (χ0n) is 29.1. The third kappa shape index (κ3) is 10.2. The highest BCUT2D eigenvalue weighted by molar-refractivity contribution is 6.77. The predicted molar refractivity (Wildman–Crippen MR) is 184 cm³/mol. The van der Waals surface area contributed by atoms with E-state index in [2.05, 4.69) is 41.5 Å². The van der Waals surface area contributed by atoms with Gasteiger partial charge in [0.05, 0.1) is 25.1 Å². The van der Waals surface area contributed by atoms with Gasteiger partial charge in [0, 0.05) is 6.61 Å². The molecule has 1 aliphatic rings. The van der Waals surface area contributed by atoms with E-state index in [1.807, 2.05) is 72.8 Å². The fraction of sp³-hybridized carbons (Fsp3) is 0.541. The molecule has 2 aromatic rings. The molecule has 1 heterocycles. The van der Waals surface area contributed by atoms with Crippen LogP contribution in [0.15, 0.2) is 72.8 Å². The molecule has 0 N–H and O–H groups in total. The number of nitrogens with zero attached hydrogens (tertiary/aromatic N) is 1. The second kappa shape index (κ2) is 18.1. The minimum Gasteiger partial charge on any atom is -0.469 e. The van der Waals surface area contributed by atoms with Crippen molar-refractivity contribution < 1.29 is 37.8 Å². The fourth-order valence-electron chi connectivity index (χ4n) is 7.06. The molecule has 0 aromatic heterocycles. The van der Waals surface area contributed by atoms with Crippen LogP contribution in [0.4, 0.5) is 9.59 Å². The van der Waals surface area contributed by atoms with E-state index in [0.717, 1.165) is 11.1 Å². The Morgan fingerprint density at radius 2 is 1.38 bits per heavy atom. The molecule has 258 valence electrons. The van der Waals surface area contributed by atoms with Gasteiger partial charge in [-0.1, -0.05) is 114 Å². The number of rotatable bonds is 16. The molecule has 10 heteroatoms. The molecular weight excluding hydrogens is 614 g/mol. The van der Waals surface area contributed by atoms with Gasteiger partial charge in [-0.3, -0.25) is 9.69 Å². The van der Waals surface area contributed by atoms with Crippen molar-refractivity contribution in [2.24, 2.45) is 0 Å². The number of hydrogen-bond acceptors (Lipinski definition) is 8. The highest BCUT2D eigenvalue weighted by Gasteiger charge is 2.48. The summed E-state index contributed by atoms with van der Waals surface area (Å²) in [5.41, 5.74) is 1.85. The first-order valence-corrected chi connectivity index (χ1v) is 18.8. The Bertz CT molecular complexity index is 1280. The van der Waals surface area contributed by atoms with Gasteiger partial charge in [-0.15, -0.1) is 0 Å². The van der Waals surface area contributed by atoms with Gasteiger partial charge < -0.3 is 23.4 Å². The number of carbonyl (C=O) groups excluding carboxylic acids is 3. The number of esters is 1. The molecule has 0 saturated carbocycles. The molecule has 0 spiro atoms. The third-order valence-corrected chi connectivity index (χ3v) is 15.3. The highest BCUT2D eigenvalue weighted by atomic mass is 28.4. The summed E-state index contributed by atoms with van der Waals surface area (Å²) < 4.78 is 28.6. The van der Waals surface area contributed by atoms with E-state index in [4.69, 9.17) is 23.4 Å². The Hall–Kier alpha value is -3.63. The van der Waals surface area contributed by atoms with E-state index in [1.165, 1.54) is 7.11 Å². The third-order valence-electron chi connectivity index (χ3n) is 9.17. The summed E-state index contributed by atoms with van der Waals surface area (Å²) in [6.45, 7) is 13.9. The Balaban J connectivity index is 1.85. The molecule has 0 radical (unpaired) electrons.